The summed E-state index contributed by atoms with van der Waals surface area (Å²) in [6.45, 7) is 12.4. The number of hydrogen-bond acceptors (Lipinski definition) is 5. The van der Waals surface area contributed by atoms with Gasteiger partial charge in [0.05, 0.1) is 36.6 Å². The molecule has 1 saturated heterocycles. The predicted molar refractivity (Wildman–Crippen MR) is 162 cm³/mol. The minimum absolute atomic E-state index is 0.0710. The lowest BCUT2D eigenvalue weighted by Gasteiger charge is -2.39. The number of nitrogens with one attached hydrogen (secondary N) is 2. The highest BCUT2D eigenvalue weighted by Gasteiger charge is 2.35. The van der Waals surface area contributed by atoms with Crippen molar-refractivity contribution in [3.05, 3.63) is 70.3 Å². The monoisotopic (exact) mass is 566 g/mol. The summed E-state index contributed by atoms with van der Waals surface area (Å²) in [6, 6.07) is 7.17. The molecule has 0 spiro atoms. The van der Waals surface area contributed by atoms with E-state index in [-0.39, 0.29) is 17.3 Å². The number of carbonyl (C=O) groups is 1. The first-order chi connectivity index (χ1) is 19.2. The van der Waals surface area contributed by atoms with Crippen molar-refractivity contribution in [2.75, 3.05) is 25.1 Å². The zero-order chi connectivity index (χ0) is 28.7. The van der Waals surface area contributed by atoms with Crippen molar-refractivity contribution in [3.63, 3.8) is 0 Å². The van der Waals surface area contributed by atoms with Crippen LogP contribution in [0.3, 0.4) is 0 Å². The summed E-state index contributed by atoms with van der Waals surface area (Å²) in [7, 11) is 0. The number of ether oxygens (including phenoxy) is 1. The van der Waals surface area contributed by atoms with Gasteiger partial charge in [-0.3, -0.25) is 4.79 Å². The van der Waals surface area contributed by atoms with Gasteiger partial charge in [-0.1, -0.05) is 52.2 Å². The van der Waals surface area contributed by atoms with Gasteiger partial charge in [-0.15, -0.1) is 11.3 Å². The van der Waals surface area contributed by atoms with Gasteiger partial charge in [0, 0.05) is 29.0 Å². The lowest BCUT2D eigenvalue weighted by molar-refractivity contribution is -0.0895. The zero-order valence-electron chi connectivity index (χ0n) is 24.5. The molecule has 2 fully saturated rings. The largest absolute Gasteiger partial charge is 0.376 e. The van der Waals surface area contributed by atoms with Crippen molar-refractivity contribution in [1.82, 2.24) is 14.9 Å². The molecule has 2 aliphatic rings. The molecule has 0 atom stereocenters. The van der Waals surface area contributed by atoms with Gasteiger partial charge >= 0.3 is 0 Å². The number of rotatable bonds is 10. The minimum atomic E-state index is -0.242. The van der Waals surface area contributed by atoms with Gasteiger partial charge in [-0.2, -0.15) is 0 Å². The number of carbonyl (C=O) groups excluding carboxylic acids is 1. The summed E-state index contributed by atoms with van der Waals surface area (Å²) >= 11 is 1.43. The Kier molecular flexibility index (Phi) is 10.2. The first kappa shape index (κ1) is 30.0. The van der Waals surface area contributed by atoms with Crippen LogP contribution in [0.5, 0.6) is 0 Å². The van der Waals surface area contributed by atoms with Crippen molar-refractivity contribution < 1.29 is 13.9 Å². The molecule has 1 aromatic carbocycles. The molecule has 2 aromatic heterocycles. The highest BCUT2D eigenvalue weighted by atomic mass is 32.1. The van der Waals surface area contributed by atoms with Gasteiger partial charge in [0.25, 0.3) is 5.91 Å². The molecule has 6 nitrogen and oxygen atoms in total. The molecular formula is C32H43FN4O2S. The van der Waals surface area contributed by atoms with Crippen molar-refractivity contribution in [2.45, 2.75) is 78.7 Å². The minimum Gasteiger partial charge on any atom is -0.376 e. The highest BCUT2D eigenvalue weighted by Crippen LogP contribution is 2.32. The number of hydrogen-bond donors (Lipinski definition) is 2. The van der Waals surface area contributed by atoms with Crippen LogP contribution in [0.15, 0.2) is 53.3 Å². The van der Waals surface area contributed by atoms with E-state index in [9.17, 15) is 9.18 Å². The van der Waals surface area contributed by atoms with E-state index < -0.39 is 0 Å². The number of amides is 1. The standard InChI is InChI=1S/C25H27FN4O2S.C7H16/c1-16-5-3-8-19(22(16)26)21-13-33-24(29-21)28-20(17-6-4-7-17)11-27-23(31)18-9-10-30(12-18)25(2)14-32-15-25;1-4-5-6-7(2)3/h3,5,8-10,12-13H,4,6-7,11,14-15H2,1-2H3,(H,27,31)(H,28,29);7H,4-6H2,1-3H3. The molecule has 1 aliphatic carbocycles. The van der Waals surface area contributed by atoms with Crippen molar-refractivity contribution in [1.29, 1.82) is 0 Å². The molecule has 40 heavy (non-hydrogen) atoms. The van der Waals surface area contributed by atoms with Gasteiger partial charge in [-0.25, -0.2) is 9.37 Å². The molecule has 8 heteroatoms. The van der Waals surface area contributed by atoms with Crippen LogP contribution in [0.1, 0.15) is 82.1 Å². The first-order valence-corrected chi connectivity index (χ1v) is 15.3. The molecule has 0 unspecified atom stereocenters. The van der Waals surface area contributed by atoms with Crippen LogP contribution in [0.4, 0.5) is 9.52 Å². The van der Waals surface area contributed by atoms with E-state index in [0.29, 0.717) is 47.3 Å². The number of allylic oxidation sites excluding steroid dienone is 1. The van der Waals surface area contributed by atoms with Crippen molar-refractivity contribution in [2.24, 2.45) is 5.92 Å². The number of thiazole rings is 1. The lowest BCUT2D eigenvalue weighted by Crippen LogP contribution is -2.48. The molecule has 3 heterocycles. The van der Waals surface area contributed by atoms with Gasteiger partial charge in [0.15, 0.2) is 5.13 Å². The van der Waals surface area contributed by atoms with Crippen molar-refractivity contribution in [3.8, 4) is 11.3 Å². The second-order valence-corrected chi connectivity index (χ2v) is 12.4. The van der Waals surface area contributed by atoms with E-state index in [1.807, 2.05) is 29.9 Å². The summed E-state index contributed by atoms with van der Waals surface area (Å²) in [4.78, 5) is 17.4. The fraction of sp³-hybridized carbons (Fsp3) is 0.500. The Hall–Kier alpha value is -2.97. The number of halogens is 1. The third-order valence-electron chi connectivity index (χ3n) is 7.58. The summed E-state index contributed by atoms with van der Waals surface area (Å²) in [5.41, 5.74) is 4.54. The predicted octanol–water partition coefficient (Wildman–Crippen LogP) is 7.92. The molecule has 5 rings (SSSR count). The van der Waals surface area contributed by atoms with Crippen LogP contribution in [0.25, 0.3) is 11.3 Å². The molecule has 0 bridgehead atoms. The molecule has 2 N–H and O–H groups in total. The van der Waals surface area contributed by atoms with E-state index >= 15 is 0 Å². The van der Waals surface area contributed by atoms with Gasteiger partial charge < -0.3 is 19.9 Å². The van der Waals surface area contributed by atoms with E-state index in [2.05, 4.69) is 47.9 Å². The van der Waals surface area contributed by atoms with E-state index in [1.165, 1.54) is 36.2 Å². The Morgan fingerprint density at radius 3 is 2.62 bits per heavy atom. The topological polar surface area (TPSA) is 68.2 Å². The summed E-state index contributed by atoms with van der Waals surface area (Å²) in [6.07, 6.45) is 11.1. The van der Waals surface area contributed by atoms with Crippen LogP contribution < -0.4 is 10.6 Å². The number of benzene rings is 1. The van der Waals surface area contributed by atoms with Gasteiger partial charge in [0.1, 0.15) is 5.82 Å². The Labute approximate surface area is 242 Å². The number of aromatic nitrogens is 2. The normalized spacial score (nSPS) is 15.5. The second-order valence-electron chi connectivity index (χ2n) is 11.6. The van der Waals surface area contributed by atoms with E-state index in [4.69, 9.17) is 4.74 Å². The molecule has 216 valence electrons. The molecule has 1 saturated carbocycles. The third-order valence-corrected chi connectivity index (χ3v) is 8.34. The maximum absolute atomic E-state index is 14.5. The summed E-state index contributed by atoms with van der Waals surface area (Å²) < 4.78 is 21.9. The Morgan fingerprint density at radius 1 is 1.25 bits per heavy atom. The highest BCUT2D eigenvalue weighted by molar-refractivity contribution is 7.14. The van der Waals surface area contributed by atoms with E-state index in [0.717, 1.165) is 30.9 Å². The summed E-state index contributed by atoms with van der Waals surface area (Å²) in [5, 5.41) is 8.97. The van der Waals surface area contributed by atoms with Crippen LogP contribution >= 0.6 is 11.3 Å². The Balaban J connectivity index is 0.000000470. The number of anilines is 1. The molecule has 3 aromatic rings. The Morgan fingerprint density at radius 2 is 2.02 bits per heavy atom. The van der Waals surface area contributed by atoms with Crippen LogP contribution in [-0.2, 0) is 10.3 Å². The number of nitrogens with zero attached hydrogens (tertiary/aromatic N) is 2. The van der Waals surface area contributed by atoms with Gasteiger partial charge in [-0.05, 0) is 62.3 Å². The van der Waals surface area contributed by atoms with E-state index in [1.54, 1.807) is 19.1 Å². The van der Waals surface area contributed by atoms with Crippen molar-refractivity contribution >= 4 is 22.4 Å². The number of aryl methyl sites for hydroxylation is 1. The zero-order valence-corrected chi connectivity index (χ0v) is 25.3. The molecule has 1 amide bonds. The smallest absolute Gasteiger partial charge is 0.253 e. The quantitative estimate of drug-likeness (QED) is 0.262. The van der Waals surface area contributed by atoms with Crippen LogP contribution in [0, 0.1) is 18.7 Å². The fourth-order valence-corrected chi connectivity index (χ4v) is 5.37. The first-order valence-electron chi connectivity index (χ1n) is 14.4. The maximum atomic E-state index is 14.5. The SMILES string of the molecule is CCCCC(C)C.Cc1cccc(-c2csc(NC(CNC(=O)c3ccn(C4(C)COC4)c3)=C3CCC3)n2)c1F. The average Bonchev–Trinajstić information content (AvgIpc) is 3.56. The second kappa shape index (κ2) is 13.6. The van der Waals surface area contributed by atoms with Crippen LogP contribution in [0.2, 0.25) is 0 Å². The fourth-order valence-electron chi connectivity index (χ4n) is 4.64. The van der Waals surface area contributed by atoms with Crippen LogP contribution in [-0.4, -0.2) is 35.2 Å². The Bertz CT molecular complexity index is 1320. The molecular weight excluding hydrogens is 523 g/mol. The molecule has 0 radical (unpaired) electrons. The average molecular weight is 567 g/mol. The summed E-state index contributed by atoms with van der Waals surface area (Å²) in [5.74, 6) is 0.548. The molecule has 1 aliphatic heterocycles. The number of unbranched alkanes of at least 4 members (excludes halogenated alkanes) is 1. The third kappa shape index (κ3) is 7.40. The lowest BCUT2D eigenvalue weighted by atomic mass is 9.90. The van der Waals surface area contributed by atoms with Gasteiger partial charge in [0.2, 0.25) is 0 Å². The maximum Gasteiger partial charge on any atom is 0.253 e.